The molecule has 8 nitrogen and oxygen atoms in total. The van der Waals surface area contributed by atoms with E-state index in [1.165, 1.54) is 28.0 Å². The molecule has 3 aromatic rings. The summed E-state index contributed by atoms with van der Waals surface area (Å²) in [6, 6.07) is 10.4. The normalized spacial score (nSPS) is 13.8. The number of carbonyl (C=O) groups is 2. The van der Waals surface area contributed by atoms with E-state index in [4.69, 9.17) is 5.73 Å². The van der Waals surface area contributed by atoms with Crippen LogP contribution in [0, 0.1) is 0 Å². The first kappa shape index (κ1) is 24.4. The summed E-state index contributed by atoms with van der Waals surface area (Å²) in [6.45, 7) is 2.79. The molecule has 0 saturated heterocycles. The molecule has 1 aliphatic rings. The Balaban J connectivity index is 1.52. The van der Waals surface area contributed by atoms with Crippen LogP contribution in [0.1, 0.15) is 58.0 Å². The molecule has 2 heterocycles. The Hall–Kier alpha value is -2.69. The molecule has 180 valence electrons. The number of carbonyl (C=O) groups excluding carboxylic acids is 2. The van der Waals surface area contributed by atoms with Crippen molar-refractivity contribution >= 4 is 39.9 Å². The zero-order valence-electron chi connectivity index (χ0n) is 19.8. The minimum absolute atomic E-state index is 0.166. The number of quaternary nitrogens is 1. The van der Waals surface area contributed by atoms with Crippen molar-refractivity contribution < 1.29 is 14.5 Å². The van der Waals surface area contributed by atoms with Gasteiger partial charge in [0, 0.05) is 11.3 Å². The van der Waals surface area contributed by atoms with Crippen LogP contribution in [0.3, 0.4) is 0 Å². The number of aromatic nitrogens is 3. The van der Waals surface area contributed by atoms with Gasteiger partial charge in [-0.25, -0.2) is 0 Å². The van der Waals surface area contributed by atoms with Crippen LogP contribution >= 0.6 is 23.1 Å². The summed E-state index contributed by atoms with van der Waals surface area (Å²) in [7, 11) is 4.23. The lowest BCUT2D eigenvalue weighted by molar-refractivity contribution is -0.893. The number of aryl methyl sites for hydroxylation is 1. The van der Waals surface area contributed by atoms with Gasteiger partial charge in [-0.3, -0.25) is 14.2 Å². The SMILES string of the molecule is CC[C@@H](c1nnc(SCC(=O)Nc2sc3c(c2C(N)=O)CCC3)n1Cc1ccccc1)[NH+](C)C. The van der Waals surface area contributed by atoms with Crippen molar-refractivity contribution in [2.24, 2.45) is 5.73 Å². The number of primary amides is 1. The van der Waals surface area contributed by atoms with Gasteiger partial charge in [-0.1, -0.05) is 49.0 Å². The third-order valence-electron chi connectivity index (χ3n) is 6.10. The van der Waals surface area contributed by atoms with Crippen LogP contribution in [0.2, 0.25) is 0 Å². The highest BCUT2D eigenvalue weighted by atomic mass is 32.2. The summed E-state index contributed by atoms with van der Waals surface area (Å²) < 4.78 is 2.11. The number of fused-ring (bicyclic) bond motifs is 1. The average molecular weight is 500 g/mol. The summed E-state index contributed by atoms with van der Waals surface area (Å²) in [6.07, 6.45) is 3.73. The Kier molecular flexibility index (Phi) is 7.70. The van der Waals surface area contributed by atoms with Crippen LogP contribution in [0.5, 0.6) is 0 Å². The number of rotatable bonds is 10. The summed E-state index contributed by atoms with van der Waals surface area (Å²) in [4.78, 5) is 27.3. The van der Waals surface area contributed by atoms with E-state index in [0.717, 1.165) is 47.5 Å². The first-order valence-corrected chi connectivity index (χ1v) is 13.3. The Morgan fingerprint density at radius 1 is 1.24 bits per heavy atom. The number of thiophene rings is 1. The van der Waals surface area contributed by atoms with Crippen LogP contribution in [0.15, 0.2) is 35.5 Å². The number of hydrogen-bond acceptors (Lipinski definition) is 6. The fourth-order valence-electron chi connectivity index (χ4n) is 4.47. The van der Waals surface area contributed by atoms with E-state index in [2.05, 4.69) is 53.2 Å². The molecule has 0 radical (unpaired) electrons. The van der Waals surface area contributed by atoms with Gasteiger partial charge in [0.15, 0.2) is 11.0 Å². The number of amides is 2. The third-order valence-corrected chi connectivity index (χ3v) is 8.27. The van der Waals surface area contributed by atoms with Gasteiger partial charge in [0.25, 0.3) is 5.91 Å². The molecule has 4 N–H and O–H groups in total. The molecule has 0 aliphatic heterocycles. The predicted octanol–water partition coefficient (Wildman–Crippen LogP) is 2.30. The highest BCUT2D eigenvalue weighted by Crippen LogP contribution is 2.39. The molecule has 0 fully saturated rings. The van der Waals surface area contributed by atoms with Gasteiger partial charge in [-0.15, -0.1) is 21.5 Å². The number of benzene rings is 1. The van der Waals surface area contributed by atoms with Crippen LogP contribution in [0.4, 0.5) is 5.00 Å². The molecular formula is C24H31N6O2S2+. The van der Waals surface area contributed by atoms with Crippen LogP contribution in [-0.4, -0.2) is 46.4 Å². The molecule has 0 bridgehead atoms. The van der Waals surface area contributed by atoms with Gasteiger partial charge in [0.1, 0.15) is 11.0 Å². The standard InChI is InChI=1S/C24H30N6O2S2/c1-4-17(29(2)3)22-27-28-24(30(22)13-15-9-6-5-7-10-15)33-14-19(31)26-23-20(21(25)32)16-11-8-12-18(16)34-23/h5-7,9-10,17H,4,8,11-14H2,1-3H3,(H2,25,32)(H,26,31)/p+1/t17-/m0/s1. The van der Waals surface area contributed by atoms with E-state index in [-0.39, 0.29) is 17.7 Å². The van der Waals surface area contributed by atoms with Crippen molar-refractivity contribution in [1.82, 2.24) is 14.8 Å². The van der Waals surface area contributed by atoms with Gasteiger partial charge in [-0.05, 0) is 30.4 Å². The summed E-state index contributed by atoms with van der Waals surface area (Å²) in [5.41, 5.74) is 8.25. The van der Waals surface area contributed by atoms with E-state index in [9.17, 15) is 9.59 Å². The summed E-state index contributed by atoms with van der Waals surface area (Å²) in [5, 5.41) is 13.1. The first-order valence-electron chi connectivity index (χ1n) is 11.5. The minimum Gasteiger partial charge on any atom is -0.365 e. The fourth-order valence-corrected chi connectivity index (χ4v) is 6.53. The lowest BCUT2D eigenvalue weighted by Crippen LogP contribution is -3.06. The highest BCUT2D eigenvalue weighted by Gasteiger charge is 2.27. The first-order chi connectivity index (χ1) is 16.4. The largest absolute Gasteiger partial charge is 0.365 e. The van der Waals surface area contributed by atoms with E-state index in [1.807, 2.05) is 18.2 Å². The van der Waals surface area contributed by atoms with Crippen LogP contribution in [0.25, 0.3) is 0 Å². The maximum absolute atomic E-state index is 12.8. The Labute approximate surface area is 207 Å². The van der Waals surface area contributed by atoms with Gasteiger partial charge < -0.3 is 16.0 Å². The molecule has 0 spiro atoms. The molecule has 1 aromatic carbocycles. The smallest absolute Gasteiger partial charge is 0.251 e. The van der Waals surface area contributed by atoms with Crippen molar-refractivity contribution in [1.29, 1.82) is 0 Å². The number of nitrogens with zero attached hydrogens (tertiary/aromatic N) is 3. The second kappa shape index (κ2) is 10.7. The molecule has 34 heavy (non-hydrogen) atoms. The molecule has 2 amide bonds. The van der Waals surface area contributed by atoms with Gasteiger partial charge >= 0.3 is 0 Å². The van der Waals surface area contributed by atoms with Crippen molar-refractivity contribution in [3.05, 3.63) is 57.7 Å². The maximum atomic E-state index is 12.8. The monoisotopic (exact) mass is 499 g/mol. The summed E-state index contributed by atoms with van der Waals surface area (Å²) in [5.74, 6) is 0.416. The molecule has 1 aliphatic carbocycles. The van der Waals surface area contributed by atoms with Gasteiger partial charge in [0.2, 0.25) is 5.91 Å². The fraction of sp³-hybridized carbons (Fsp3) is 0.417. The van der Waals surface area contributed by atoms with E-state index >= 15 is 0 Å². The molecular weight excluding hydrogens is 468 g/mol. The number of nitrogens with one attached hydrogen (secondary N) is 2. The molecule has 2 aromatic heterocycles. The zero-order chi connectivity index (χ0) is 24.2. The molecule has 0 unspecified atom stereocenters. The lowest BCUT2D eigenvalue weighted by Gasteiger charge is -2.20. The van der Waals surface area contributed by atoms with Gasteiger partial charge in [-0.2, -0.15) is 0 Å². The Morgan fingerprint density at radius 2 is 2.00 bits per heavy atom. The third kappa shape index (κ3) is 5.18. The second-order valence-corrected chi connectivity index (χ2v) is 10.8. The number of thioether (sulfide) groups is 1. The number of hydrogen-bond donors (Lipinski definition) is 3. The quantitative estimate of drug-likeness (QED) is 0.371. The van der Waals surface area contributed by atoms with E-state index in [1.54, 1.807) is 0 Å². The zero-order valence-corrected chi connectivity index (χ0v) is 21.4. The van der Waals surface area contributed by atoms with E-state index < -0.39 is 5.91 Å². The Morgan fingerprint density at radius 3 is 2.68 bits per heavy atom. The van der Waals surface area contributed by atoms with E-state index in [0.29, 0.717) is 22.3 Å². The second-order valence-electron chi connectivity index (χ2n) is 8.71. The number of nitrogens with two attached hydrogens (primary N) is 1. The molecule has 10 heteroatoms. The topological polar surface area (TPSA) is 107 Å². The summed E-state index contributed by atoms with van der Waals surface area (Å²) >= 11 is 2.82. The number of anilines is 1. The minimum atomic E-state index is -0.480. The van der Waals surface area contributed by atoms with Crippen molar-refractivity contribution in [3.63, 3.8) is 0 Å². The highest BCUT2D eigenvalue weighted by molar-refractivity contribution is 7.99. The molecule has 1 atom stereocenters. The van der Waals surface area contributed by atoms with Crippen molar-refractivity contribution in [2.45, 2.75) is 50.4 Å². The molecule has 4 rings (SSSR count). The lowest BCUT2D eigenvalue weighted by atomic mass is 10.1. The van der Waals surface area contributed by atoms with Gasteiger partial charge in [0.05, 0.1) is 32.0 Å². The van der Waals surface area contributed by atoms with Crippen molar-refractivity contribution in [2.75, 3.05) is 25.2 Å². The van der Waals surface area contributed by atoms with Crippen LogP contribution < -0.4 is 16.0 Å². The predicted molar refractivity (Wildman–Crippen MR) is 136 cm³/mol. The van der Waals surface area contributed by atoms with Crippen LogP contribution in [-0.2, 0) is 24.2 Å². The average Bonchev–Trinajstić information content (AvgIpc) is 3.48. The maximum Gasteiger partial charge on any atom is 0.251 e. The Bertz CT molecular complexity index is 1170. The van der Waals surface area contributed by atoms with Crippen molar-refractivity contribution in [3.8, 4) is 0 Å². The molecule has 0 saturated carbocycles.